The highest BCUT2D eigenvalue weighted by molar-refractivity contribution is 7.13. The third kappa shape index (κ3) is 2.14. The van der Waals surface area contributed by atoms with Crippen LogP contribution in [0, 0.1) is 6.92 Å². The van der Waals surface area contributed by atoms with E-state index in [0.717, 1.165) is 21.6 Å². The van der Waals surface area contributed by atoms with E-state index < -0.39 is 0 Å². The average Bonchev–Trinajstić information content (AvgIpc) is 2.60. The summed E-state index contributed by atoms with van der Waals surface area (Å²) < 4.78 is 5.28. The van der Waals surface area contributed by atoms with E-state index in [4.69, 9.17) is 4.98 Å². The first kappa shape index (κ1) is 13.4. The lowest BCUT2D eigenvalue weighted by Gasteiger charge is -2.25. The Bertz CT molecular complexity index is 585. The van der Waals surface area contributed by atoms with Crippen LogP contribution < -0.4 is 0 Å². The summed E-state index contributed by atoms with van der Waals surface area (Å²) in [6, 6.07) is 0. The second-order valence-corrected chi connectivity index (χ2v) is 7.63. The van der Waals surface area contributed by atoms with Crippen LogP contribution in [0.2, 0.25) is 0 Å². The Labute approximate surface area is 113 Å². The summed E-state index contributed by atoms with van der Waals surface area (Å²) >= 11 is 1.46. The first-order valence-corrected chi connectivity index (χ1v) is 7.03. The Morgan fingerprint density at radius 2 is 1.56 bits per heavy atom. The molecular weight excluding hydrogens is 242 g/mol. The topological polar surface area (TPSA) is 38.7 Å². The van der Waals surface area contributed by atoms with E-state index in [2.05, 4.69) is 58.1 Å². The van der Waals surface area contributed by atoms with Gasteiger partial charge in [0.05, 0.1) is 10.4 Å². The van der Waals surface area contributed by atoms with E-state index in [0.29, 0.717) is 0 Å². The van der Waals surface area contributed by atoms with Gasteiger partial charge in [0.1, 0.15) is 5.52 Å². The molecular formula is C14H21N3S. The zero-order valence-corrected chi connectivity index (χ0v) is 13.1. The van der Waals surface area contributed by atoms with E-state index >= 15 is 0 Å². The lowest BCUT2D eigenvalue weighted by Crippen LogP contribution is -2.20. The number of aryl methyl sites for hydroxylation is 1. The quantitative estimate of drug-likeness (QED) is 0.721. The number of rotatable bonds is 0. The highest BCUT2D eigenvalue weighted by atomic mass is 32.1. The van der Waals surface area contributed by atoms with E-state index in [1.165, 1.54) is 17.1 Å². The van der Waals surface area contributed by atoms with Crippen LogP contribution in [-0.4, -0.2) is 14.6 Å². The fourth-order valence-corrected chi connectivity index (χ4v) is 3.23. The Hall–Kier alpha value is -1.03. The Morgan fingerprint density at radius 3 is 2.06 bits per heavy atom. The summed E-state index contributed by atoms with van der Waals surface area (Å²) in [5.41, 5.74) is 4.50. The Kier molecular flexibility index (Phi) is 2.97. The molecule has 4 heteroatoms. The number of aromatic nitrogens is 3. The molecule has 2 rings (SSSR count). The molecule has 3 nitrogen and oxygen atoms in total. The maximum Gasteiger partial charge on any atom is 0.113 e. The fraction of sp³-hybridized carbons (Fsp3) is 0.643. The van der Waals surface area contributed by atoms with Gasteiger partial charge in [0.15, 0.2) is 0 Å². The highest BCUT2D eigenvalue weighted by Crippen LogP contribution is 2.37. The summed E-state index contributed by atoms with van der Waals surface area (Å²) in [7, 11) is 0. The molecule has 0 aliphatic heterocycles. The lowest BCUT2D eigenvalue weighted by molar-refractivity contribution is 0.561. The van der Waals surface area contributed by atoms with Crippen molar-refractivity contribution in [2.75, 3.05) is 0 Å². The number of fused-ring (bicyclic) bond motifs is 1. The zero-order valence-electron chi connectivity index (χ0n) is 12.2. The van der Waals surface area contributed by atoms with Crippen molar-refractivity contribution in [3.63, 3.8) is 0 Å². The van der Waals surface area contributed by atoms with Crippen molar-refractivity contribution in [2.45, 2.75) is 59.3 Å². The van der Waals surface area contributed by atoms with Crippen LogP contribution >= 0.6 is 11.5 Å². The molecule has 2 heterocycles. The van der Waals surface area contributed by atoms with Crippen LogP contribution in [0.15, 0.2) is 0 Å². The summed E-state index contributed by atoms with van der Waals surface area (Å²) in [4.78, 5) is 4.84. The number of nitrogens with zero attached hydrogens (tertiary/aromatic N) is 3. The normalized spacial score (nSPS) is 13.3. The van der Waals surface area contributed by atoms with Crippen LogP contribution in [0.3, 0.4) is 0 Å². The van der Waals surface area contributed by atoms with Gasteiger partial charge < -0.3 is 0 Å². The van der Waals surface area contributed by atoms with Crippen LogP contribution in [0.4, 0.5) is 0 Å². The molecule has 0 unspecified atom stereocenters. The third-order valence-corrected chi connectivity index (χ3v) is 3.77. The van der Waals surface area contributed by atoms with Gasteiger partial charge in [0.2, 0.25) is 0 Å². The molecule has 0 aliphatic rings. The van der Waals surface area contributed by atoms with Gasteiger partial charge in [-0.15, -0.1) is 5.10 Å². The summed E-state index contributed by atoms with van der Waals surface area (Å²) in [5, 5.41) is 4.35. The van der Waals surface area contributed by atoms with Crippen LogP contribution in [-0.2, 0) is 10.8 Å². The fourth-order valence-electron chi connectivity index (χ4n) is 2.36. The molecule has 0 aromatic carbocycles. The number of hydrogen-bond acceptors (Lipinski definition) is 4. The number of hydrogen-bond donors (Lipinski definition) is 0. The molecule has 2 aromatic rings. The molecule has 0 fully saturated rings. The average molecular weight is 263 g/mol. The second kappa shape index (κ2) is 3.98. The minimum Gasteiger partial charge on any atom is -0.256 e. The van der Waals surface area contributed by atoms with Gasteiger partial charge in [-0.25, -0.2) is 0 Å². The van der Waals surface area contributed by atoms with Crippen molar-refractivity contribution in [3.05, 3.63) is 17.0 Å². The molecule has 18 heavy (non-hydrogen) atoms. The van der Waals surface area contributed by atoms with Crippen molar-refractivity contribution in [2.24, 2.45) is 0 Å². The van der Waals surface area contributed by atoms with Crippen molar-refractivity contribution in [1.29, 1.82) is 0 Å². The third-order valence-electron chi connectivity index (χ3n) is 3.04. The molecule has 98 valence electrons. The SMILES string of the molecule is Cc1nc(C(C)(C)C)c2snnc2c1C(C)(C)C. The van der Waals surface area contributed by atoms with Crippen LogP contribution in [0.5, 0.6) is 0 Å². The van der Waals surface area contributed by atoms with Crippen molar-refractivity contribution < 1.29 is 0 Å². The largest absolute Gasteiger partial charge is 0.256 e. The van der Waals surface area contributed by atoms with Crippen molar-refractivity contribution in [3.8, 4) is 0 Å². The van der Waals surface area contributed by atoms with Crippen molar-refractivity contribution >= 4 is 21.7 Å². The van der Waals surface area contributed by atoms with Gasteiger partial charge in [-0.05, 0) is 23.9 Å². The molecule has 0 N–H and O–H groups in total. The van der Waals surface area contributed by atoms with Gasteiger partial charge in [0.25, 0.3) is 0 Å². The minimum absolute atomic E-state index is 0.0215. The monoisotopic (exact) mass is 263 g/mol. The van der Waals surface area contributed by atoms with E-state index in [1.54, 1.807) is 0 Å². The molecule has 0 bridgehead atoms. The summed E-state index contributed by atoms with van der Waals surface area (Å²) in [6.07, 6.45) is 0. The van der Waals surface area contributed by atoms with E-state index in [9.17, 15) is 0 Å². The molecule has 0 spiro atoms. The molecule has 0 radical (unpaired) electrons. The summed E-state index contributed by atoms with van der Waals surface area (Å²) in [5.74, 6) is 0. The smallest absolute Gasteiger partial charge is 0.113 e. The van der Waals surface area contributed by atoms with Gasteiger partial charge in [-0.2, -0.15) is 0 Å². The summed E-state index contributed by atoms with van der Waals surface area (Å²) in [6.45, 7) is 15.2. The highest BCUT2D eigenvalue weighted by Gasteiger charge is 2.28. The number of pyridine rings is 1. The maximum absolute atomic E-state index is 4.84. The molecule has 2 aromatic heterocycles. The standard InChI is InChI=1S/C14H21N3S/c1-8-9(13(2,3)4)10-11(18-17-16-10)12(15-8)14(5,6)7/h1-7H3. The van der Waals surface area contributed by atoms with Crippen molar-refractivity contribution in [1.82, 2.24) is 14.6 Å². The van der Waals surface area contributed by atoms with E-state index in [-0.39, 0.29) is 10.8 Å². The molecule has 0 atom stereocenters. The Balaban J connectivity index is 2.87. The van der Waals surface area contributed by atoms with E-state index in [1.807, 2.05) is 0 Å². The second-order valence-electron chi connectivity index (χ2n) is 6.87. The van der Waals surface area contributed by atoms with Gasteiger partial charge in [0, 0.05) is 16.7 Å². The molecule has 0 amide bonds. The van der Waals surface area contributed by atoms with Gasteiger partial charge in [-0.3, -0.25) is 4.98 Å². The van der Waals surface area contributed by atoms with Gasteiger partial charge >= 0.3 is 0 Å². The first-order valence-electron chi connectivity index (χ1n) is 6.26. The predicted octanol–water partition coefficient (Wildman–Crippen LogP) is 3.99. The minimum atomic E-state index is 0.0215. The predicted molar refractivity (Wildman–Crippen MR) is 77.3 cm³/mol. The molecule has 0 saturated heterocycles. The molecule has 0 saturated carbocycles. The molecule has 0 aliphatic carbocycles. The van der Waals surface area contributed by atoms with Gasteiger partial charge in [-0.1, -0.05) is 46.0 Å². The lowest BCUT2D eigenvalue weighted by atomic mass is 9.83. The first-order chi connectivity index (χ1) is 8.12. The maximum atomic E-state index is 4.84. The van der Waals surface area contributed by atoms with Crippen LogP contribution in [0.1, 0.15) is 58.5 Å². The Morgan fingerprint density at radius 1 is 0.944 bits per heavy atom. The zero-order chi connectivity index (χ0) is 13.7. The van der Waals surface area contributed by atoms with Crippen LogP contribution in [0.25, 0.3) is 10.2 Å².